The van der Waals surface area contributed by atoms with Crippen molar-refractivity contribution in [3.8, 4) is 23.0 Å². The van der Waals surface area contributed by atoms with Gasteiger partial charge >= 0.3 is 0 Å². The minimum absolute atomic E-state index is 0.0153. The second kappa shape index (κ2) is 5.38. The van der Waals surface area contributed by atoms with Crippen molar-refractivity contribution in [2.24, 2.45) is 0 Å². The molecule has 0 bridgehead atoms. The summed E-state index contributed by atoms with van der Waals surface area (Å²) in [4.78, 5) is 16.3. The molecule has 23 heavy (non-hydrogen) atoms. The Morgan fingerprint density at radius 1 is 0.913 bits per heavy atom. The van der Waals surface area contributed by atoms with Crippen LogP contribution in [0.25, 0.3) is 10.9 Å². The number of benzene rings is 2. The molecule has 0 saturated heterocycles. The highest BCUT2D eigenvalue weighted by atomic mass is 16.3. The monoisotopic (exact) mass is 312 g/mol. The van der Waals surface area contributed by atoms with E-state index >= 15 is 0 Å². The van der Waals surface area contributed by atoms with Gasteiger partial charge in [0.05, 0.1) is 0 Å². The molecule has 1 heterocycles. The number of fused-ring (bicyclic) bond motifs is 1. The normalized spacial score (nSPS) is 10.6. The highest BCUT2D eigenvalue weighted by molar-refractivity contribution is 6.05. The van der Waals surface area contributed by atoms with E-state index in [2.05, 4.69) is 10.3 Å². The number of hydrogen-bond acceptors (Lipinski definition) is 6. The molecule has 0 aliphatic heterocycles. The van der Waals surface area contributed by atoms with Crippen molar-refractivity contribution in [3.05, 3.63) is 48.0 Å². The van der Waals surface area contributed by atoms with Crippen LogP contribution in [0.15, 0.2) is 42.5 Å². The van der Waals surface area contributed by atoms with E-state index < -0.39 is 23.2 Å². The number of aromatic hydroxyl groups is 4. The van der Waals surface area contributed by atoms with Gasteiger partial charge in [-0.25, -0.2) is 4.98 Å². The van der Waals surface area contributed by atoms with E-state index in [1.54, 1.807) is 24.3 Å². The number of rotatable bonds is 2. The summed E-state index contributed by atoms with van der Waals surface area (Å²) in [5, 5.41) is 41.1. The zero-order valence-corrected chi connectivity index (χ0v) is 11.7. The van der Waals surface area contributed by atoms with Crippen LogP contribution in [0.2, 0.25) is 0 Å². The molecule has 0 aliphatic carbocycles. The van der Waals surface area contributed by atoms with Gasteiger partial charge in [-0.1, -0.05) is 12.1 Å². The minimum Gasteiger partial charge on any atom is -0.506 e. The summed E-state index contributed by atoms with van der Waals surface area (Å²) < 4.78 is 0. The van der Waals surface area contributed by atoms with Crippen molar-refractivity contribution in [1.29, 1.82) is 0 Å². The van der Waals surface area contributed by atoms with Gasteiger partial charge in [0, 0.05) is 10.9 Å². The Kier molecular flexibility index (Phi) is 3.38. The number of nitrogens with zero attached hydrogens (tertiary/aromatic N) is 1. The molecular weight excluding hydrogens is 300 g/mol. The molecule has 1 aromatic heterocycles. The third-order valence-corrected chi connectivity index (χ3v) is 3.27. The maximum Gasteiger partial charge on any atom is 0.257 e. The summed E-state index contributed by atoms with van der Waals surface area (Å²) >= 11 is 0. The SMILES string of the molecule is O=C(Nc1ccc2cccc(O)c2n1)c1cc(O)c(O)c(O)c1. The average molecular weight is 312 g/mol. The highest BCUT2D eigenvalue weighted by Gasteiger charge is 2.14. The number of phenols is 4. The van der Waals surface area contributed by atoms with Gasteiger partial charge in [-0.15, -0.1) is 0 Å². The van der Waals surface area contributed by atoms with E-state index in [1.807, 2.05) is 0 Å². The Bertz CT molecular complexity index is 900. The number of amides is 1. The number of hydrogen-bond donors (Lipinski definition) is 5. The smallest absolute Gasteiger partial charge is 0.257 e. The van der Waals surface area contributed by atoms with Crippen LogP contribution in [0.4, 0.5) is 5.82 Å². The molecular formula is C16H12N2O5. The summed E-state index contributed by atoms with van der Waals surface area (Å²) in [6, 6.07) is 10.2. The molecule has 0 radical (unpaired) electrons. The third kappa shape index (κ3) is 2.67. The van der Waals surface area contributed by atoms with Gasteiger partial charge in [0.1, 0.15) is 17.1 Å². The number of aromatic nitrogens is 1. The predicted octanol–water partition coefficient (Wildman–Crippen LogP) is 2.31. The summed E-state index contributed by atoms with van der Waals surface area (Å²) in [7, 11) is 0. The first kappa shape index (κ1) is 14.5. The zero-order chi connectivity index (χ0) is 16.6. The fraction of sp³-hybridized carbons (Fsp3) is 0. The van der Waals surface area contributed by atoms with Gasteiger partial charge < -0.3 is 25.7 Å². The Labute approximate surface area is 130 Å². The fourth-order valence-corrected chi connectivity index (χ4v) is 2.12. The number of carbonyl (C=O) groups is 1. The number of phenolic OH excluding ortho intramolecular Hbond substituents is 4. The van der Waals surface area contributed by atoms with Crippen molar-refractivity contribution >= 4 is 22.6 Å². The fourth-order valence-electron chi connectivity index (χ4n) is 2.12. The molecule has 0 aliphatic rings. The van der Waals surface area contributed by atoms with E-state index in [0.29, 0.717) is 10.9 Å². The molecule has 1 amide bonds. The molecule has 5 N–H and O–H groups in total. The topological polar surface area (TPSA) is 123 Å². The molecule has 0 unspecified atom stereocenters. The molecule has 7 nitrogen and oxygen atoms in total. The van der Waals surface area contributed by atoms with Crippen molar-refractivity contribution in [3.63, 3.8) is 0 Å². The van der Waals surface area contributed by atoms with Crippen LogP contribution in [0.3, 0.4) is 0 Å². The van der Waals surface area contributed by atoms with Crippen LogP contribution in [0.5, 0.6) is 23.0 Å². The zero-order valence-electron chi connectivity index (χ0n) is 11.7. The van der Waals surface area contributed by atoms with E-state index in [9.17, 15) is 25.2 Å². The first-order valence-electron chi connectivity index (χ1n) is 6.61. The molecule has 0 atom stereocenters. The van der Waals surface area contributed by atoms with Crippen LogP contribution in [-0.2, 0) is 0 Å². The van der Waals surface area contributed by atoms with E-state index in [0.717, 1.165) is 12.1 Å². The second-order valence-electron chi connectivity index (χ2n) is 4.86. The maximum absolute atomic E-state index is 12.1. The molecule has 2 aromatic carbocycles. The van der Waals surface area contributed by atoms with E-state index in [1.165, 1.54) is 6.07 Å². The number of nitrogens with one attached hydrogen (secondary N) is 1. The molecule has 0 saturated carbocycles. The highest BCUT2D eigenvalue weighted by Crippen LogP contribution is 2.35. The average Bonchev–Trinajstić information content (AvgIpc) is 2.53. The van der Waals surface area contributed by atoms with Crippen LogP contribution in [-0.4, -0.2) is 31.3 Å². The predicted molar refractivity (Wildman–Crippen MR) is 82.8 cm³/mol. The van der Waals surface area contributed by atoms with Gasteiger partial charge in [-0.05, 0) is 30.3 Å². The van der Waals surface area contributed by atoms with Crippen molar-refractivity contribution in [2.75, 3.05) is 5.32 Å². The first-order chi connectivity index (χ1) is 11.0. The summed E-state index contributed by atoms with van der Waals surface area (Å²) in [6.45, 7) is 0. The number of carbonyl (C=O) groups excluding carboxylic acids is 1. The van der Waals surface area contributed by atoms with Gasteiger partial charge in [0.15, 0.2) is 17.2 Å². The van der Waals surface area contributed by atoms with Gasteiger partial charge in [0.25, 0.3) is 5.91 Å². The van der Waals surface area contributed by atoms with Crippen molar-refractivity contribution in [1.82, 2.24) is 4.98 Å². The lowest BCUT2D eigenvalue weighted by Crippen LogP contribution is -2.12. The Balaban J connectivity index is 1.92. The van der Waals surface area contributed by atoms with Gasteiger partial charge in [0.2, 0.25) is 0 Å². The standard InChI is InChI=1S/C16H12N2O5/c19-10-3-1-2-8-4-5-13(17-14(8)10)18-16(23)9-6-11(20)15(22)12(21)7-9/h1-7,19-22H,(H,17,18,23). The molecule has 7 heteroatoms. The Morgan fingerprint density at radius 3 is 2.30 bits per heavy atom. The second-order valence-corrected chi connectivity index (χ2v) is 4.86. The van der Waals surface area contributed by atoms with Crippen LogP contribution < -0.4 is 5.32 Å². The number of anilines is 1. The molecule has 116 valence electrons. The molecule has 0 spiro atoms. The quantitative estimate of drug-likeness (QED) is 0.463. The van der Waals surface area contributed by atoms with Gasteiger partial charge in [-0.2, -0.15) is 0 Å². The lowest BCUT2D eigenvalue weighted by Gasteiger charge is -2.08. The molecule has 3 aromatic rings. The van der Waals surface area contributed by atoms with E-state index in [4.69, 9.17) is 0 Å². The minimum atomic E-state index is -0.699. The van der Waals surface area contributed by atoms with Crippen LogP contribution >= 0.6 is 0 Å². The summed E-state index contributed by atoms with van der Waals surface area (Å²) in [6.07, 6.45) is 0. The molecule has 0 fully saturated rings. The Morgan fingerprint density at radius 2 is 1.61 bits per heavy atom. The summed E-state index contributed by atoms with van der Waals surface area (Å²) in [5.74, 6) is -2.39. The largest absolute Gasteiger partial charge is 0.506 e. The lowest BCUT2D eigenvalue weighted by molar-refractivity contribution is 0.102. The summed E-state index contributed by atoms with van der Waals surface area (Å²) in [5.41, 5.74) is 0.277. The van der Waals surface area contributed by atoms with Crippen molar-refractivity contribution in [2.45, 2.75) is 0 Å². The third-order valence-electron chi connectivity index (χ3n) is 3.27. The van der Waals surface area contributed by atoms with Gasteiger partial charge in [-0.3, -0.25) is 4.79 Å². The van der Waals surface area contributed by atoms with Crippen LogP contribution in [0.1, 0.15) is 10.4 Å². The first-order valence-corrected chi connectivity index (χ1v) is 6.61. The maximum atomic E-state index is 12.1. The van der Waals surface area contributed by atoms with Crippen molar-refractivity contribution < 1.29 is 25.2 Å². The number of pyridine rings is 1. The lowest BCUT2D eigenvalue weighted by atomic mass is 10.1. The Hall–Kier alpha value is -3.48. The number of para-hydroxylation sites is 1. The van der Waals surface area contributed by atoms with Crippen LogP contribution in [0, 0.1) is 0 Å². The molecule has 3 rings (SSSR count). The van der Waals surface area contributed by atoms with E-state index in [-0.39, 0.29) is 17.1 Å².